The van der Waals surface area contributed by atoms with Gasteiger partial charge in [0.15, 0.2) is 10.9 Å². The van der Waals surface area contributed by atoms with Crippen LogP contribution in [0.5, 0.6) is 0 Å². The molecule has 0 spiro atoms. The van der Waals surface area contributed by atoms with E-state index in [2.05, 4.69) is 5.32 Å². The number of halogens is 3. The largest absolute Gasteiger partial charge is 0.416 e. The van der Waals surface area contributed by atoms with Gasteiger partial charge in [-0.2, -0.15) is 13.2 Å². The van der Waals surface area contributed by atoms with Crippen LogP contribution in [0.4, 0.5) is 13.2 Å². The smallest absolute Gasteiger partial charge is 0.351 e. The topological polar surface area (TPSA) is 32.3 Å². The zero-order valence-corrected chi connectivity index (χ0v) is 15.5. The minimum absolute atomic E-state index is 0.195. The molecule has 0 bridgehead atoms. The Kier molecular flexibility index (Phi) is 5.06. The first-order chi connectivity index (χ1) is 12.7. The van der Waals surface area contributed by atoms with Gasteiger partial charge in [0.25, 0.3) is 0 Å². The van der Waals surface area contributed by atoms with Gasteiger partial charge in [-0.1, -0.05) is 42.5 Å². The van der Waals surface area contributed by atoms with Crippen molar-refractivity contribution < 1.29 is 18.0 Å². The number of rotatable bonds is 3. The summed E-state index contributed by atoms with van der Waals surface area (Å²) in [6.45, 7) is 1.78. The van der Waals surface area contributed by atoms with Crippen molar-refractivity contribution in [3.63, 3.8) is 0 Å². The molecule has 1 N–H and O–H groups in total. The van der Waals surface area contributed by atoms with Gasteiger partial charge in [-0.3, -0.25) is 4.79 Å². The van der Waals surface area contributed by atoms with Crippen LogP contribution >= 0.6 is 12.2 Å². The number of benzene rings is 2. The molecule has 2 aromatic carbocycles. The lowest BCUT2D eigenvalue weighted by atomic mass is 9.89. The number of alkyl halides is 3. The number of ketones is 1. The van der Waals surface area contributed by atoms with Crippen LogP contribution in [0.25, 0.3) is 0 Å². The zero-order chi connectivity index (χ0) is 19.8. The molecule has 27 heavy (non-hydrogen) atoms. The fourth-order valence-electron chi connectivity index (χ4n) is 2.99. The van der Waals surface area contributed by atoms with Crippen LogP contribution in [0.3, 0.4) is 0 Å². The number of carbonyl (C=O) groups excluding carboxylic acids is 1. The van der Waals surface area contributed by atoms with Crippen LogP contribution in [0.1, 0.15) is 34.5 Å². The van der Waals surface area contributed by atoms with Crippen molar-refractivity contribution >= 4 is 23.1 Å². The molecule has 0 radical (unpaired) electrons. The van der Waals surface area contributed by atoms with Gasteiger partial charge < -0.3 is 10.2 Å². The molecular formula is C20H17F3N2OS. The zero-order valence-electron chi connectivity index (χ0n) is 14.7. The average Bonchev–Trinajstić information content (AvgIpc) is 2.65. The SMILES string of the molecule is CC1=C(C(=O)c2ccccc2)C(c2ccc(C(F)(F)F)cc2)NC(=S)N1C. The molecule has 1 heterocycles. The van der Waals surface area contributed by atoms with E-state index >= 15 is 0 Å². The molecule has 1 aliphatic heterocycles. The third-order valence-corrected chi connectivity index (χ3v) is 5.00. The summed E-state index contributed by atoms with van der Waals surface area (Å²) in [6.07, 6.45) is -4.41. The summed E-state index contributed by atoms with van der Waals surface area (Å²) < 4.78 is 38.6. The van der Waals surface area contributed by atoms with E-state index in [0.717, 1.165) is 12.1 Å². The van der Waals surface area contributed by atoms with Crippen molar-refractivity contribution in [3.8, 4) is 0 Å². The molecular weight excluding hydrogens is 373 g/mol. The van der Waals surface area contributed by atoms with Crippen LogP contribution < -0.4 is 5.32 Å². The van der Waals surface area contributed by atoms with Crippen molar-refractivity contribution in [1.29, 1.82) is 0 Å². The molecule has 140 valence electrons. The number of allylic oxidation sites excluding steroid dienone is 1. The van der Waals surface area contributed by atoms with Crippen LogP contribution in [0, 0.1) is 0 Å². The Morgan fingerprint density at radius 1 is 1.07 bits per heavy atom. The minimum atomic E-state index is -4.41. The summed E-state index contributed by atoms with van der Waals surface area (Å²) in [5, 5.41) is 3.47. The normalized spacial score (nSPS) is 17.7. The molecule has 1 atom stereocenters. The first-order valence-corrected chi connectivity index (χ1v) is 8.63. The third kappa shape index (κ3) is 3.73. The number of carbonyl (C=O) groups is 1. The highest BCUT2D eigenvalue weighted by Crippen LogP contribution is 2.34. The van der Waals surface area contributed by atoms with E-state index in [1.54, 1.807) is 43.1 Å². The highest BCUT2D eigenvalue weighted by atomic mass is 32.1. The molecule has 0 aliphatic carbocycles. The average molecular weight is 390 g/mol. The summed E-state index contributed by atoms with van der Waals surface area (Å²) in [7, 11) is 1.74. The molecule has 1 unspecified atom stereocenters. The second-order valence-corrected chi connectivity index (χ2v) is 6.64. The van der Waals surface area contributed by atoms with Gasteiger partial charge in [-0.05, 0) is 36.8 Å². The Hall–Kier alpha value is -2.67. The van der Waals surface area contributed by atoms with Gasteiger partial charge in [0.2, 0.25) is 0 Å². The molecule has 0 saturated heterocycles. The summed E-state index contributed by atoms with van der Waals surface area (Å²) in [5.74, 6) is -0.195. The Balaban J connectivity index is 2.07. The number of hydrogen-bond acceptors (Lipinski definition) is 2. The Morgan fingerprint density at radius 2 is 1.67 bits per heavy atom. The number of nitrogens with one attached hydrogen (secondary N) is 1. The van der Waals surface area contributed by atoms with Crippen molar-refractivity contribution in [2.75, 3.05) is 7.05 Å². The number of thiocarbonyl (C=S) groups is 1. The van der Waals surface area contributed by atoms with Crippen LogP contribution in [-0.4, -0.2) is 22.8 Å². The lowest BCUT2D eigenvalue weighted by Gasteiger charge is -2.36. The first kappa shape index (κ1) is 19.1. The molecule has 0 amide bonds. The second kappa shape index (κ2) is 7.15. The Labute approximate surface area is 160 Å². The van der Waals surface area contributed by atoms with Gasteiger partial charge in [-0.15, -0.1) is 0 Å². The van der Waals surface area contributed by atoms with Gasteiger partial charge in [0.1, 0.15) is 0 Å². The van der Waals surface area contributed by atoms with Crippen molar-refractivity contribution in [3.05, 3.63) is 82.6 Å². The molecule has 2 aromatic rings. The maximum Gasteiger partial charge on any atom is 0.416 e. The van der Waals surface area contributed by atoms with Gasteiger partial charge in [0.05, 0.1) is 11.6 Å². The highest BCUT2D eigenvalue weighted by Gasteiger charge is 2.34. The van der Waals surface area contributed by atoms with E-state index in [1.807, 2.05) is 6.07 Å². The van der Waals surface area contributed by atoms with E-state index in [-0.39, 0.29) is 5.78 Å². The van der Waals surface area contributed by atoms with Crippen molar-refractivity contribution in [2.24, 2.45) is 0 Å². The standard InChI is InChI=1S/C20H17F3N2OS/c1-12-16(18(26)14-6-4-3-5-7-14)17(24-19(27)25(12)2)13-8-10-15(11-9-13)20(21,22)23/h3-11,17H,1-2H3,(H,24,27). The number of hydrogen-bond donors (Lipinski definition) is 1. The van der Waals surface area contributed by atoms with E-state index in [9.17, 15) is 18.0 Å². The second-order valence-electron chi connectivity index (χ2n) is 6.26. The minimum Gasteiger partial charge on any atom is -0.351 e. The molecule has 0 saturated carbocycles. The van der Waals surface area contributed by atoms with E-state index < -0.39 is 17.8 Å². The lowest BCUT2D eigenvalue weighted by molar-refractivity contribution is -0.137. The molecule has 3 nitrogen and oxygen atoms in total. The molecule has 1 aliphatic rings. The number of nitrogens with zero attached hydrogens (tertiary/aromatic N) is 1. The van der Waals surface area contributed by atoms with Gasteiger partial charge >= 0.3 is 6.18 Å². The molecule has 0 aromatic heterocycles. The fourth-order valence-corrected chi connectivity index (χ4v) is 3.24. The quantitative estimate of drug-likeness (QED) is 0.607. The van der Waals surface area contributed by atoms with E-state index in [1.165, 1.54) is 12.1 Å². The summed E-state index contributed by atoms with van der Waals surface area (Å²) in [5.41, 5.74) is 1.43. The predicted octanol–water partition coefficient (Wildman–Crippen LogP) is 4.72. The van der Waals surface area contributed by atoms with Crippen LogP contribution in [0.2, 0.25) is 0 Å². The maximum atomic E-state index is 13.1. The van der Waals surface area contributed by atoms with Crippen molar-refractivity contribution in [1.82, 2.24) is 10.2 Å². The first-order valence-electron chi connectivity index (χ1n) is 8.22. The molecule has 0 fully saturated rings. The summed E-state index contributed by atoms with van der Waals surface area (Å²) >= 11 is 5.31. The monoisotopic (exact) mass is 390 g/mol. The lowest BCUT2D eigenvalue weighted by Crippen LogP contribution is -2.45. The van der Waals surface area contributed by atoms with E-state index in [0.29, 0.717) is 27.5 Å². The summed E-state index contributed by atoms with van der Waals surface area (Å²) in [6, 6.07) is 12.9. The number of Topliss-reactive ketones (excluding diaryl/α,β-unsaturated/α-hetero) is 1. The maximum absolute atomic E-state index is 13.1. The van der Waals surface area contributed by atoms with Crippen LogP contribution in [0.15, 0.2) is 65.9 Å². The summed E-state index contributed by atoms with van der Waals surface area (Å²) in [4.78, 5) is 14.8. The van der Waals surface area contributed by atoms with Gasteiger partial charge in [0, 0.05) is 23.9 Å². The Morgan fingerprint density at radius 3 is 2.22 bits per heavy atom. The van der Waals surface area contributed by atoms with E-state index in [4.69, 9.17) is 12.2 Å². The molecule has 3 rings (SSSR count). The van der Waals surface area contributed by atoms with Crippen molar-refractivity contribution in [2.45, 2.75) is 19.1 Å². The Bertz CT molecular complexity index is 905. The fraction of sp³-hybridized carbons (Fsp3) is 0.200. The van der Waals surface area contributed by atoms with Crippen LogP contribution in [-0.2, 0) is 6.18 Å². The highest BCUT2D eigenvalue weighted by molar-refractivity contribution is 7.80. The third-order valence-electron chi connectivity index (χ3n) is 4.61. The molecule has 7 heteroatoms. The predicted molar refractivity (Wildman–Crippen MR) is 101 cm³/mol. The van der Waals surface area contributed by atoms with Gasteiger partial charge in [-0.25, -0.2) is 0 Å².